The number of benzene rings is 1. The van der Waals surface area contributed by atoms with Crippen LogP contribution in [0.25, 0.3) is 50.4 Å². The number of halogens is 1. The second-order valence-corrected chi connectivity index (χ2v) is 7.47. The number of hydrogen-bond acceptors (Lipinski definition) is 5. The molecule has 0 radical (unpaired) electrons. The maximum Gasteiger partial charge on any atom is 0.178 e. The topological polar surface area (TPSA) is 95.2 Å². The third-order valence-corrected chi connectivity index (χ3v) is 5.58. The molecule has 1 aromatic carbocycles. The van der Waals surface area contributed by atoms with Gasteiger partial charge in [0.2, 0.25) is 0 Å². The van der Waals surface area contributed by atoms with Crippen molar-refractivity contribution in [2.75, 3.05) is 13.1 Å². The van der Waals surface area contributed by atoms with Gasteiger partial charge in [0.05, 0.1) is 16.7 Å². The molecule has 0 amide bonds. The van der Waals surface area contributed by atoms with Crippen molar-refractivity contribution in [1.82, 2.24) is 35.5 Å². The number of aromatic amines is 2. The number of imidazole rings is 1. The van der Waals surface area contributed by atoms with Gasteiger partial charge in [-0.15, -0.1) is 0 Å². The van der Waals surface area contributed by atoms with Crippen LogP contribution in [-0.4, -0.2) is 43.2 Å². The smallest absolute Gasteiger partial charge is 0.178 e. The molecule has 0 fully saturated rings. The quantitative estimate of drug-likeness (QED) is 0.416. The van der Waals surface area contributed by atoms with Crippen LogP contribution in [0, 0.1) is 5.82 Å². The second-order valence-electron chi connectivity index (χ2n) is 7.47. The number of rotatable bonds is 3. The Bertz CT molecular complexity index is 1460. The first-order valence-electron chi connectivity index (χ1n) is 10.1. The molecular weight excluding hydrogens is 393 g/mol. The Hall–Kier alpha value is -3.91. The third-order valence-electron chi connectivity index (χ3n) is 5.58. The molecular formula is C23H18FN7. The van der Waals surface area contributed by atoms with Crippen molar-refractivity contribution in [3.63, 3.8) is 0 Å². The molecule has 31 heavy (non-hydrogen) atoms. The molecule has 152 valence electrons. The predicted octanol–water partition coefficient (Wildman–Crippen LogP) is 4.08. The van der Waals surface area contributed by atoms with E-state index in [4.69, 9.17) is 4.98 Å². The van der Waals surface area contributed by atoms with Crippen molar-refractivity contribution < 1.29 is 4.39 Å². The summed E-state index contributed by atoms with van der Waals surface area (Å²) in [6.07, 6.45) is 4.74. The zero-order valence-corrected chi connectivity index (χ0v) is 16.5. The van der Waals surface area contributed by atoms with E-state index < -0.39 is 0 Å². The lowest BCUT2D eigenvalue weighted by Crippen LogP contribution is -2.20. The first-order valence-corrected chi connectivity index (χ1v) is 10.1. The summed E-state index contributed by atoms with van der Waals surface area (Å²) in [6, 6.07) is 12.5. The average molecular weight is 411 g/mol. The lowest BCUT2D eigenvalue weighted by Gasteiger charge is -2.13. The van der Waals surface area contributed by atoms with Crippen molar-refractivity contribution in [3.05, 3.63) is 66.2 Å². The van der Waals surface area contributed by atoms with Gasteiger partial charge >= 0.3 is 0 Å². The molecule has 0 unspecified atom stereocenters. The molecule has 8 heteroatoms. The highest BCUT2D eigenvalue weighted by Crippen LogP contribution is 2.31. The van der Waals surface area contributed by atoms with Gasteiger partial charge in [0.15, 0.2) is 17.2 Å². The Morgan fingerprint density at radius 2 is 1.90 bits per heavy atom. The Kier molecular flexibility index (Phi) is 4.10. The van der Waals surface area contributed by atoms with Crippen molar-refractivity contribution in [1.29, 1.82) is 0 Å². The predicted molar refractivity (Wildman–Crippen MR) is 118 cm³/mol. The Labute approximate surface area is 176 Å². The molecule has 4 aromatic heterocycles. The van der Waals surface area contributed by atoms with E-state index in [9.17, 15) is 4.39 Å². The molecule has 0 aliphatic carbocycles. The van der Waals surface area contributed by atoms with E-state index in [0.29, 0.717) is 33.8 Å². The van der Waals surface area contributed by atoms with Gasteiger partial charge in [-0.2, -0.15) is 5.10 Å². The highest BCUT2D eigenvalue weighted by Gasteiger charge is 2.18. The normalized spacial score (nSPS) is 14.3. The van der Waals surface area contributed by atoms with Crippen molar-refractivity contribution in [3.8, 4) is 22.6 Å². The van der Waals surface area contributed by atoms with Crippen LogP contribution in [0.15, 0.2) is 54.7 Å². The minimum Gasteiger partial charge on any atom is -0.335 e. The van der Waals surface area contributed by atoms with Crippen LogP contribution in [-0.2, 0) is 0 Å². The zero-order valence-electron chi connectivity index (χ0n) is 16.5. The fourth-order valence-corrected chi connectivity index (χ4v) is 4.03. The van der Waals surface area contributed by atoms with Crippen LogP contribution in [0.2, 0.25) is 0 Å². The van der Waals surface area contributed by atoms with E-state index in [-0.39, 0.29) is 5.82 Å². The molecule has 0 spiro atoms. The van der Waals surface area contributed by atoms with Gasteiger partial charge in [-0.05, 0) is 42.8 Å². The lowest BCUT2D eigenvalue weighted by atomic mass is 10.1. The summed E-state index contributed by atoms with van der Waals surface area (Å²) in [6.45, 7) is 1.79. The van der Waals surface area contributed by atoms with Gasteiger partial charge in [-0.1, -0.05) is 24.3 Å². The molecule has 7 nitrogen and oxygen atoms in total. The van der Waals surface area contributed by atoms with Gasteiger partial charge in [-0.3, -0.25) is 5.10 Å². The SMILES string of the molecule is Fc1ccccc1-c1ccnc2nc(-c3n[nH]c4ccc(C5=CCNCC5)nc34)[nH]c12. The summed E-state index contributed by atoms with van der Waals surface area (Å²) in [5.41, 5.74) is 6.72. The zero-order chi connectivity index (χ0) is 20.8. The number of fused-ring (bicyclic) bond motifs is 2. The molecule has 0 saturated heterocycles. The molecule has 0 bridgehead atoms. The van der Waals surface area contributed by atoms with Crippen molar-refractivity contribution in [2.24, 2.45) is 0 Å². The second kappa shape index (κ2) is 7.10. The van der Waals surface area contributed by atoms with Gasteiger partial charge in [0.25, 0.3) is 0 Å². The Morgan fingerprint density at radius 1 is 0.968 bits per heavy atom. The maximum atomic E-state index is 14.4. The van der Waals surface area contributed by atoms with Gasteiger partial charge in [-0.25, -0.2) is 19.3 Å². The number of pyridine rings is 2. The van der Waals surface area contributed by atoms with E-state index in [1.165, 1.54) is 11.6 Å². The van der Waals surface area contributed by atoms with Crippen LogP contribution in [0.3, 0.4) is 0 Å². The molecule has 1 aliphatic rings. The number of hydrogen-bond donors (Lipinski definition) is 3. The highest BCUT2D eigenvalue weighted by atomic mass is 19.1. The third kappa shape index (κ3) is 3.00. The van der Waals surface area contributed by atoms with Crippen LogP contribution in [0.5, 0.6) is 0 Å². The Balaban J connectivity index is 1.50. The Morgan fingerprint density at radius 3 is 2.77 bits per heavy atom. The molecule has 0 saturated carbocycles. The van der Waals surface area contributed by atoms with Gasteiger partial charge in [0.1, 0.15) is 11.3 Å². The minimum absolute atomic E-state index is 0.294. The van der Waals surface area contributed by atoms with Gasteiger partial charge in [0, 0.05) is 23.9 Å². The van der Waals surface area contributed by atoms with Crippen LogP contribution in [0.1, 0.15) is 12.1 Å². The average Bonchev–Trinajstić information content (AvgIpc) is 3.43. The number of nitrogens with one attached hydrogen (secondary N) is 3. The summed E-state index contributed by atoms with van der Waals surface area (Å²) < 4.78 is 14.4. The van der Waals surface area contributed by atoms with E-state index in [1.807, 2.05) is 18.2 Å². The molecule has 6 rings (SSSR count). The van der Waals surface area contributed by atoms with E-state index in [1.54, 1.807) is 24.4 Å². The molecule has 1 aliphatic heterocycles. The largest absolute Gasteiger partial charge is 0.335 e. The highest BCUT2D eigenvalue weighted by molar-refractivity contribution is 5.94. The van der Waals surface area contributed by atoms with Crippen LogP contribution < -0.4 is 5.32 Å². The van der Waals surface area contributed by atoms with Crippen molar-refractivity contribution >= 4 is 27.8 Å². The summed E-state index contributed by atoms with van der Waals surface area (Å²) >= 11 is 0. The number of nitrogens with zero attached hydrogens (tertiary/aromatic N) is 4. The fourth-order valence-electron chi connectivity index (χ4n) is 4.03. The number of aromatic nitrogens is 6. The minimum atomic E-state index is -0.294. The molecule has 0 atom stereocenters. The first-order chi connectivity index (χ1) is 15.3. The van der Waals surface area contributed by atoms with E-state index in [2.05, 4.69) is 36.5 Å². The molecule has 3 N–H and O–H groups in total. The summed E-state index contributed by atoms with van der Waals surface area (Å²) in [7, 11) is 0. The standard InChI is InChI=1S/C23H18FN7/c24-16-4-2-1-3-14(16)15-9-12-26-22-19(15)28-23(29-22)21-20-18(30-31-21)6-5-17(27-20)13-7-10-25-11-8-13/h1-7,9,12,25H,8,10-11H2,(H,30,31)(H,26,28,29). The van der Waals surface area contributed by atoms with Crippen molar-refractivity contribution in [2.45, 2.75) is 6.42 Å². The first kappa shape index (κ1) is 17.9. The summed E-state index contributed by atoms with van der Waals surface area (Å²) in [4.78, 5) is 17.2. The molecule has 5 aromatic rings. The maximum absolute atomic E-state index is 14.4. The summed E-state index contributed by atoms with van der Waals surface area (Å²) in [5, 5.41) is 10.8. The molecule has 5 heterocycles. The fraction of sp³-hybridized carbons (Fsp3) is 0.130. The van der Waals surface area contributed by atoms with Gasteiger partial charge < -0.3 is 10.3 Å². The van der Waals surface area contributed by atoms with E-state index in [0.717, 1.165) is 36.2 Å². The number of H-pyrrole nitrogens is 2. The van der Waals surface area contributed by atoms with E-state index >= 15 is 0 Å². The monoisotopic (exact) mass is 411 g/mol. The summed E-state index contributed by atoms with van der Waals surface area (Å²) in [5.74, 6) is 0.249. The lowest BCUT2D eigenvalue weighted by molar-refractivity contribution is 0.631. The van der Waals surface area contributed by atoms with Crippen LogP contribution >= 0.6 is 0 Å². The van der Waals surface area contributed by atoms with Crippen LogP contribution in [0.4, 0.5) is 4.39 Å².